The normalized spacial score (nSPS) is 10.7. The standard InChI is InChI=1S/C16H11FN2O/c17-12-6-8-15(18-10-12)16(20)9-13-7-5-11-3-1-2-4-14(11)19-13/h1-8,10H,9H2. The zero-order valence-corrected chi connectivity index (χ0v) is 10.6. The highest BCUT2D eigenvalue weighted by Gasteiger charge is 2.10. The first-order valence-corrected chi connectivity index (χ1v) is 6.22. The summed E-state index contributed by atoms with van der Waals surface area (Å²) in [4.78, 5) is 20.3. The Bertz CT molecular complexity index is 769. The number of benzene rings is 1. The summed E-state index contributed by atoms with van der Waals surface area (Å²) in [6, 6.07) is 14.1. The van der Waals surface area contributed by atoms with Crippen molar-refractivity contribution in [2.24, 2.45) is 0 Å². The van der Waals surface area contributed by atoms with E-state index in [9.17, 15) is 9.18 Å². The van der Waals surface area contributed by atoms with Crippen molar-refractivity contribution >= 4 is 16.7 Å². The Kier molecular flexibility index (Phi) is 3.21. The maximum atomic E-state index is 12.8. The minimum absolute atomic E-state index is 0.156. The van der Waals surface area contributed by atoms with Gasteiger partial charge < -0.3 is 0 Å². The average molecular weight is 266 g/mol. The van der Waals surface area contributed by atoms with E-state index >= 15 is 0 Å². The first-order chi connectivity index (χ1) is 9.72. The zero-order valence-electron chi connectivity index (χ0n) is 10.6. The Labute approximate surface area is 115 Å². The number of pyridine rings is 2. The van der Waals surface area contributed by atoms with Gasteiger partial charge in [-0.2, -0.15) is 0 Å². The lowest BCUT2D eigenvalue weighted by Gasteiger charge is -2.02. The molecule has 0 fully saturated rings. The number of hydrogen-bond donors (Lipinski definition) is 0. The topological polar surface area (TPSA) is 42.9 Å². The largest absolute Gasteiger partial charge is 0.292 e. The molecule has 0 aliphatic rings. The van der Waals surface area contributed by atoms with Crippen molar-refractivity contribution in [1.29, 1.82) is 0 Å². The third-order valence-electron chi connectivity index (χ3n) is 3.01. The van der Waals surface area contributed by atoms with E-state index in [2.05, 4.69) is 9.97 Å². The molecule has 20 heavy (non-hydrogen) atoms. The summed E-state index contributed by atoms with van der Waals surface area (Å²) in [5, 5.41) is 1.03. The van der Waals surface area contributed by atoms with E-state index in [1.165, 1.54) is 12.1 Å². The van der Waals surface area contributed by atoms with Gasteiger partial charge in [0.25, 0.3) is 0 Å². The molecule has 0 spiro atoms. The van der Waals surface area contributed by atoms with Crippen LogP contribution in [0.15, 0.2) is 54.7 Å². The molecule has 0 saturated carbocycles. The molecule has 0 atom stereocenters. The Morgan fingerprint density at radius 3 is 2.70 bits per heavy atom. The second-order valence-electron chi connectivity index (χ2n) is 4.46. The number of carbonyl (C=O) groups excluding carboxylic acids is 1. The quantitative estimate of drug-likeness (QED) is 0.684. The van der Waals surface area contributed by atoms with Gasteiger partial charge in [0.1, 0.15) is 11.5 Å². The van der Waals surface area contributed by atoms with E-state index in [0.29, 0.717) is 5.69 Å². The van der Waals surface area contributed by atoms with Crippen LogP contribution in [0, 0.1) is 5.82 Å². The lowest BCUT2D eigenvalue weighted by molar-refractivity contribution is 0.0987. The first kappa shape index (κ1) is 12.4. The molecule has 0 N–H and O–H groups in total. The molecule has 4 heteroatoms. The molecule has 2 heterocycles. The second-order valence-corrected chi connectivity index (χ2v) is 4.46. The van der Waals surface area contributed by atoms with E-state index < -0.39 is 5.82 Å². The Balaban J connectivity index is 1.85. The molecule has 3 nitrogen and oxygen atoms in total. The first-order valence-electron chi connectivity index (χ1n) is 6.22. The van der Waals surface area contributed by atoms with E-state index in [1.54, 1.807) is 0 Å². The van der Waals surface area contributed by atoms with Crippen molar-refractivity contribution in [3.05, 3.63) is 71.9 Å². The van der Waals surface area contributed by atoms with Gasteiger partial charge >= 0.3 is 0 Å². The van der Waals surface area contributed by atoms with Crippen LogP contribution in [0.1, 0.15) is 16.2 Å². The highest BCUT2D eigenvalue weighted by atomic mass is 19.1. The Morgan fingerprint density at radius 1 is 1.05 bits per heavy atom. The van der Waals surface area contributed by atoms with Crippen LogP contribution in [-0.2, 0) is 6.42 Å². The molecule has 3 rings (SSSR count). The highest BCUT2D eigenvalue weighted by molar-refractivity contribution is 5.95. The summed E-state index contributed by atoms with van der Waals surface area (Å²) in [7, 11) is 0. The molecule has 2 aromatic heterocycles. The van der Waals surface area contributed by atoms with Gasteiger partial charge in [-0.25, -0.2) is 4.39 Å². The maximum absolute atomic E-state index is 12.8. The van der Waals surface area contributed by atoms with Gasteiger partial charge in [0.05, 0.1) is 18.1 Å². The van der Waals surface area contributed by atoms with Crippen LogP contribution in [0.5, 0.6) is 0 Å². The third-order valence-corrected chi connectivity index (χ3v) is 3.01. The predicted octanol–water partition coefficient (Wildman–Crippen LogP) is 3.19. The Hall–Kier alpha value is -2.62. The number of aromatic nitrogens is 2. The minimum Gasteiger partial charge on any atom is -0.292 e. The fraction of sp³-hybridized carbons (Fsp3) is 0.0625. The summed E-state index contributed by atoms with van der Waals surface area (Å²) >= 11 is 0. The minimum atomic E-state index is -0.453. The number of fused-ring (bicyclic) bond motifs is 1. The van der Waals surface area contributed by atoms with Crippen LogP contribution >= 0.6 is 0 Å². The second kappa shape index (κ2) is 5.17. The van der Waals surface area contributed by atoms with Gasteiger partial charge in [-0.3, -0.25) is 14.8 Å². The average Bonchev–Trinajstić information content (AvgIpc) is 2.48. The van der Waals surface area contributed by atoms with Crippen LogP contribution < -0.4 is 0 Å². The van der Waals surface area contributed by atoms with Gasteiger partial charge in [-0.15, -0.1) is 0 Å². The number of ketones is 1. The molecule has 3 aromatic rings. The van der Waals surface area contributed by atoms with Gasteiger partial charge in [0.2, 0.25) is 0 Å². The zero-order chi connectivity index (χ0) is 13.9. The molecule has 0 aliphatic carbocycles. The lowest BCUT2D eigenvalue weighted by atomic mass is 10.1. The number of carbonyl (C=O) groups is 1. The van der Waals surface area contributed by atoms with Gasteiger partial charge in [0, 0.05) is 11.1 Å². The van der Waals surface area contributed by atoms with Gasteiger partial charge in [0.15, 0.2) is 5.78 Å². The third kappa shape index (κ3) is 2.54. The predicted molar refractivity (Wildman–Crippen MR) is 74.0 cm³/mol. The maximum Gasteiger partial charge on any atom is 0.187 e. The van der Waals surface area contributed by atoms with Crippen LogP contribution in [0.25, 0.3) is 10.9 Å². The van der Waals surface area contributed by atoms with Crippen LogP contribution in [0.4, 0.5) is 4.39 Å². The van der Waals surface area contributed by atoms with E-state index in [4.69, 9.17) is 0 Å². The highest BCUT2D eigenvalue weighted by Crippen LogP contribution is 2.13. The van der Waals surface area contributed by atoms with Crippen molar-refractivity contribution < 1.29 is 9.18 Å². The number of Topliss-reactive ketones (excluding diaryl/α,β-unsaturated/α-hetero) is 1. The fourth-order valence-electron chi connectivity index (χ4n) is 2.00. The number of para-hydroxylation sites is 1. The number of nitrogens with zero attached hydrogens (tertiary/aromatic N) is 2. The molecular weight excluding hydrogens is 255 g/mol. The van der Waals surface area contributed by atoms with Crippen LogP contribution in [0.2, 0.25) is 0 Å². The van der Waals surface area contributed by atoms with Crippen molar-refractivity contribution in [2.45, 2.75) is 6.42 Å². The van der Waals surface area contributed by atoms with Gasteiger partial charge in [-0.05, 0) is 24.3 Å². The van der Waals surface area contributed by atoms with E-state index in [1.807, 2.05) is 36.4 Å². The van der Waals surface area contributed by atoms with E-state index in [-0.39, 0.29) is 17.9 Å². The summed E-state index contributed by atoms with van der Waals surface area (Å²) < 4.78 is 12.8. The lowest BCUT2D eigenvalue weighted by Crippen LogP contribution is -2.07. The number of rotatable bonds is 3. The monoisotopic (exact) mass is 266 g/mol. The van der Waals surface area contributed by atoms with Crippen molar-refractivity contribution in [2.75, 3.05) is 0 Å². The molecular formula is C16H11FN2O. The van der Waals surface area contributed by atoms with Crippen LogP contribution in [-0.4, -0.2) is 15.8 Å². The molecule has 1 aromatic carbocycles. The molecule has 0 bridgehead atoms. The molecule has 98 valence electrons. The Morgan fingerprint density at radius 2 is 1.90 bits per heavy atom. The summed E-state index contributed by atoms with van der Waals surface area (Å²) in [6.07, 6.45) is 1.20. The molecule has 0 unspecified atom stereocenters. The SMILES string of the molecule is O=C(Cc1ccc2ccccc2n1)c1ccc(F)cn1. The fourth-order valence-corrected chi connectivity index (χ4v) is 2.00. The van der Waals surface area contributed by atoms with Crippen molar-refractivity contribution in [1.82, 2.24) is 9.97 Å². The smallest absolute Gasteiger partial charge is 0.187 e. The summed E-state index contributed by atoms with van der Waals surface area (Å²) in [6.45, 7) is 0. The molecule has 0 saturated heterocycles. The number of halogens is 1. The van der Waals surface area contributed by atoms with Gasteiger partial charge in [-0.1, -0.05) is 24.3 Å². The molecule has 0 radical (unpaired) electrons. The van der Waals surface area contributed by atoms with Crippen molar-refractivity contribution in [3.8, 4) is 0 Å². The summed E-state index contributed by atoms with van der Waals surface area (Å²) in [5.74, 6) is -0.627. The van der Waals surface area contributed by atoms with Crippen molar-refractivity contribution in [3.63, 3.8) is 0 Å². The van der Waals surface area contributed by atoms with Crippen LogP contribution in [0.3, 0.4) is 0 Å². The molecule has 0 aliphatic heterocycles. The van der Waals surface area contributed by atoms with E-state index in [0.717, 1.165) is 17.1 Å². The molecule has 0 amide bonds. The number of hydrogen-bond acceptors (Lipinski definition) is 3. The summed E-state index contributed by atoms with van der Waals surface area (Å²) in [5.41, 5.74) is 1.78.